The molecule has 26 heavy (non-hydrogen) atoms. The summed E-state index contributed by atoms with van der Waals surface area (Å²) in [4.78, 5) is 16.7. The van der Waals surface area contributed by atoms with Gasteiger partial charge in [-0.05, 0) is 50.7 Å². The lowest BCUT2D eigenvalue weighted by Gasteiger charge is -2.45. The van der Waals surface area contributed by atoms with E-state index in [1.54, 1.807) is 6.20 Å². The second-order valence-electron chi connectivity index (χ2n) is 7.92. The third-order valence-corrected chi connectivity index (χ3v) is 6.34. The molecule has 1 atom stereocenters. The predicted molar refractivity (Wildman–Crippen MR) is 103 cm³/mol. The van der Waals surface area contributed by atoms with E-state index in [1.165, 1.54) is 56.3 Å². The van der Waals surface area contributed by atoms with Gasteiger partial charge in [0, 0.05) is 54.4 Å². The van der Waals surface area contributed by atoms with Gasteiger partial charge >= 0.3 is 0 Å². The maximum absolute atomic E-state index is 4.89. The summed E-state index contributed by atoms with van der Waals surface area (Å²) in [6.07, 6.45) is 13.9. The Morgan fingerprint density at radius 2 is 2.00 bits per heavy atom. The standard InChI is InChI=1S/C21H27N5/c1-2-7-16(6-1)26-12-10-17(26)14-23-21-18-8-3-9-19(18)24-20(25-21)15-5-4-11-22-13-15/h4-5,11,13,16-17H,1-3,6-10,12,14H2,(H,23,24,25). The Labute approximate surface area is 155 Å². The lowest BCUT2D eigenvalue weighted by atomic mass is 9.98. The first-order valence-corrected chi connectivity index (χ1v) is 10.2. The van der Waals surface area contributed by atoms with Crippen LogP contribution in [0.5, 0.6) is 0 Å². The van der Waals surface area contributed by atoms with Crippen molar-refractivity contribution in [1.82, 2.24) is 19.9 Å². The van der Waals surface area contributed by atoms with Crippen molar-refractivity contribution in [2.45, 2.75) is 63.5 Å². The molecule has 1 unspecified atom stereocenters. The van der Waals surface area contributed by atoms with Gasteiger partial charge < -0.3 is 5.32 Å². The van der Waals surface area contributed by atoms with Crippen LogP contribution < -0.4 is 5.32 Å². The Bertz CT molecular complexity index is 769. The molecule has 3 aliphatic rings. The average Bonchev–Trinajstić information content (AvgIpc) is 3.33. The van der Waals surface area contributed by atoms with E-state index in [0.717, 1.165) is 42.6 Å². The summed E-state index contributed by atoms with van der Waals surface area (Å²) in [5, 5.41) is 3.70. The molecule has 0 spiro atoms. The highest BCUT2D eigenvalue weighted by atomic mass is 15.3. The van der Waals surface area contributed by atoms with Gasteiger partial charge in [-0.1, -0.05) is 12.8 Å². The zero-order valence-electron chi connectivity index (χ0n) is 15.3. The minimum absolute atomic E-state index is 0.673. The van der Waals surface area contributed by atoms with Crippen molar-refractivity contribution in [3.05, 3.63) is 35.8 Å². The van der Waals surface area contributed by atoms with E-state index in [1.807, 2.05) is 18.3 Å². The minimum Gasteiger partial charge on any atom is -0.368 e. The summed E-state index contributed by atoms with van der Waals surface area (Å²) < 4.78 is 0. The number of aromatic nitrogens is 3. The molecule has 0 radical (unpaired) electrons. The number of fused-ring (bicyclic) bond motifs is 1. The molecule has 5 heteroatoms. The van der Waals surface area contributed by atoms with Crippen LogP contribution in [0.15, 0.2) is 24.5 Å². The highest BCUT2D eigenvalue weighted by Gasteiger charge is 2.35. The second kappa shape index (κ2) is 6.95. The van der Waals surface area contributed by atoms with Gasteiger partial charge in [-0.3, -0.25) is 9.88 Å². The van der Waals surface area contributed by atoms with Crippen LogP contribution >= 0.6 is 0 Å². The summed E-state index contributed by atoms with van der Waals surface area (Å²) in [5.74, 6) is 1.87. The summed E-state index contributed by atoms with van der Waals surface area (Å²) in [6.45, 7) is 2.28. The SMILES string of the molecule is c1cncc(-c2nc3c(c(NCC4CCN4C4CCCC4)n2)CCC3)c1. The third kappa shape index (κ3) is 2.98. The van der Waals surface area contributed by atoms with Gasteiger partial charge in [-0.2, -0.15) is 0 Å². The monoisotopic (exact) mass is 349 g/mol. The molecule has 2 aliphatic carbocycles. The highest BCUT2D eigenvalue weighted by Crippen LogP contribution is 2.32. The lowest BCUT2D eigenvalue weighted by Crippen LogP contribution is -2.55. The zero-order valence-corrected chi connectivity index (χ0v) is 15.3. The van der Waals surface area contributed by atoms with Crippen LogP contribution in [-0.2, 0) is 12.8 Å². The van der Waals surface area contributed by atoms with Crippen molar-refractivity contribution in [3.8, 4) is 11.4 Å². The van der Waals surface area contributed by atoms with Gasteiger partial charge in [-0.15, -0.1) is 0 Å². The molecule has 1 saturated carbocycles. The number of likely N-dealkylation sites (tertiary alicyclic amines) is 1. The Hall–Kier alpha value is -2.01. The molecule has 136 valence electrons. The van der Waals surface area contributed by atoms with Crippen LogP contribution in [0.25, 0.3) is 11.4 Å². The number of pyridine rings is 1. The van der Waals surface area contributed by atoms with Crippen molar-refractivity contribution in [3.63, 3.8) is 0 Å². The van der Waals surface area contributed by atoms with Gasteiger partial charge in [0.05, 0.1) is 0 Å². The fraction of sp³-hybridized carbons (Fsp3) is 0.571. The Morgan fingerprint density at radius 3 is 2.77 bits per heavy atom. The number of rotatable bonds is 5. The Kier molecular flexibility index (Phi) is 4.33. The molecule has 2 fully saturated rings. The Balaban J connectivity index is 1.34. The van der Waals surface area contributed by atoms with Crippen LogP contribution in [0, 0.1) is 0 Å². The predicted octanol–water partition coefficient (Wildman–Crippen LogP) is 3.46. The van der Waals surface area contributed by atoms with Crippen LogP contribution in [0.2, 0.25) is 0 Å². The normalized spacial score (nSPS) is 23.0. The molecule has 3 heterocycles. The molecule has 1 N–H and O–H groups in total. The maximum atomic E-state index is 4.89. The molecule has 0 bridgehead atoms. The first kappa shape index (κ1) is 16.2. The zero-order chi connectivity index (χ0) is 17.3. The number of anilines is 1. The van der Waals surface area contributed by atoms with E-state index >= 15 is 0 Å². The molecule has 0 amide bonds. The number of nitrogens with one attached hydrogen (secondary N) is 1. The number of hydrogen-bond donors (Lipinski definition) is 1. The maximum Gasteiger partial charge on any atom is 0.163 e. The first-order chi connectivity index (χ1) is 12.9. The average molecular weight is 349 g/mol. The highest BCUT2D eigenvalue weighted by molar-refractivity contribution is 5.59. The van der Waals surface area contributed by atoms with Crippen LogP contribution in [-0.4, -0.2) is 45.0 Å². The van der Waals surface area contributed by atoms with E-state index in [9.17, 15) is 0 Å². The molecular formula is C21H27N5. The van der Waals surface area contributed by atoms with E-state index in [4.69, 9.17) is 9.97 Å². The molecular weight excluding hydrogens is 322 g/mol. The Morgan fingerprint density at radius 1 is 1.08 bits per heavy atom. The number of hydrogen-bond acceptors (Lipinski definition) is 5. The van der Waals surface area contributed by atoms with Crippen molar-refractivity contribution in [1.29, 1.82) is 0 Å². The summed E-state index contributed by atoms with van der Waals surface area (Å²) in [5.41, 5.74) is 3.56. The third-order valence-electron chi connectivity index (χ3n) is 6.34. The van der Waals surface area contributed by atoms with E-state index in [0.29, 0.717) is 6.04 Å². The lowest BCUT2D eigenvalue weighted by molar-refractivity contribution is 0.0517. The number of aryl methyl sites for hydroxylation is 1. The van der Waals surface area contributed by atoms with E-state index in [2.05, 4.69) is 15.2 Å². The van der Waals surface area contributed by atoms with Crippen LogP contribution in [0.3, 0.4) is 0 Å². The van der Waals surface area contributed by atoms with Gasteiger partial charge in [0.15, 0.2) is 5.82 Å². The second-order valence-corrected chi connectivity index (χ2v) is 7.92. The van der Waals surface area contributed by atoms with Crippen molar-refractivity contribution in [2.24, 2.45) is 0 Å². The fourth-order valence-corrected chi connectivity index (χ4v) is 4.81. The minimum atomic E-state index is 0.673. The first-order valence-electron chi connectivity index (χ1n) is 10.2. The topological polar surface area (TPSA) is 53.9 Å². The molecule has 5 rings (SSSR count). The molecule has 1 aliphatic heterocycles. The van der Waals surface area contributed by atoms with Gasteiger partial charge in [0.25, 0.3) is 0 Å². The molecule has 0 aromatic carbocycles. The van der Waals surface area contributed by atoms with Crippen molar-refractivity contribution < 1.29 is 0 Å². The van der Waals surface area contributed by atoms with Crippen LogP contribution in [0.1, 0.15) is 49.8 Å². The largest absolute Gasteiger partial charge is 0.368 e. The number of nitrogens with zero attached hydrogens (tertiary/aromatic N) is 4. The van der Waals surface area contributed by atoms with Crippen molar-refractivity contribution >= 4 is 5.82 Å². The van der Waals surface area contributed by atoms with Gasteiger partial charge in [0.2, 0.25) is 0 Å². The van der Waals surface area contributed by atoms with Gasteiger partial charge in [-0.25, -0.2) is 9.97 Å². The quantitative estimate of drug-likeness (QED) is 0.896. The molecule has 5 nitrogen and oxygen atoms in total. The molecule has 2 aromatic rings. The van der Waals surface area contributed by atoms with Crippen molar-refractivity contribution in [2.75, 3.05) is 18.4 Å². The van der Waals surface area contributed by atoms with E-state index < -0.39 is 0 Å². The molecule has 2 aromatic heterocycles. The summed E-state index contributed by atoms with van der Waals surface area (Å²) in [7, 11) is 0. The summed E-state index contributed by atoms with van der Waals surface area (Å²) in [6, 6.07) is 5.50. The van der Waals surface area contributed by atoms with E-state index in [-0.39, 0.29) is 0 Å². The van der Waals surface area contributed by atoms with Crippen LogP contribution in [0.4, 0.5) is 5.82 Å². The smallest absolute Gasteiger partial charge is 0.163 e. The fourth-order valence-electron chi connectivity index (χ4n) is 4.81. The summed E-state index contributed by atoms with van der Waals surface area (Å²) >= 11 is 0. The molecule has 1 saturated heterocycles. The van der Waals surface area contributed by atoms with Gasteiger partial charge in [0.1, 0.15) is 5.82 Å².